The molecule has 4 aromatic carbocycles. The van der Waals surface area contributed by atoms with E-state index in [0.29, 0.717) is 0 Å². The number of hydrogen-bond donors (Lipinski definition) is 0. The Morgan fingerprint density at radius 3 is 1.50 bits per heavy atom. The second-order valence-electron chi connectivity index (χ2n) is 10.1. The summed E-state index contributed by atoms with van der Waals surface area (Å²) < 4.78 is 13.0. The van der Waals surface area contributed by atoms with Crippen molar-refractivity contribution < 1.29 is 9.47 Å². The quantitative estimate of drug-likeness (QED) is 0.116. The van der Waals surface area contributed by atoms with Gasteiger partial charge in [-0.1, -0.05) is 127 Å². The molecule has 0 aliphatic carbocycles. The lowest BCUT2D eigenvalue weighted by Gasteiger charge is -2.18. The minimum absolute atomic E-state index is 0.731. The van der Waals surface area contributed by atoms with Crippen molar-refractivity contribution in [1.82, 2.24) is 0 Å². The molecule has 36 heavy (non-hydrogen) atoms. The largest absolute Gasteiger partial charge is 0.490 e. The van der Waals surface area contributed by atoms with E-state index in [9.17, 15) is 0 Å². The molecule has 0 N–H and O–H groups in total. The van der Waals surface area contributed by atoms with Crippen LogP contribution in [0.3, 0.4) is 0 Å². The van der Waals surface area contributed by atoms with E-state index < -0.39 is 0 Å². The molecule has 4 aromatic rings. The lowest BCUT2D eigenvalue weighted by atomic mass is 9.93. The van der Waals surface area contributed by atoms with Crippen molar-refractivity contribution in [2.24, 2.45) is 0 Å². The van der Waals surface area contributed by atoms with E-state index in [-0.39, 0.29) is 0 Å². The fourth-order valence-corrected chi connectivity index (χ4v) is 5.32. The van der Waals surface area contributed by atoms with Crippen LogP contribution in [0.25, 0.3) is 32.3 Å². The Hall–Kier alpha value is -2.74. The molecule has 0 radical (unpaired) electrons. The highest BCUT2D eigenvalue weighted by atomic mass is 16.5. The lowest BCUT2D eigenvalue weighted by Crippen LogP contribution is -2.04. The van der Waals surface area contributed by atoms with Gasteiger partial charge in [0.05, 0.1) is 13.2 Å². The van der Waals surface area contributed by atoms with Gasteiger partial charge in [-0.15, -0.1) is 0 Å². The predicted molar refractivity (Wildman–Crippen MR) is 157 cm³/mol. The average Bonchev–Trinajstić information content (AvgIpc) is 2.92. The summed E-state index contributed by atoms with van der Waals surface area (Å²) in [5.74, 6) is 1.81. The number of benzene rings is 4. The van der Waals surface area contributed by atoms with Crippen LogP contribution in [0.4, 0.5) is 0 Å². The third-order valence-electron chi connectivity index (χ3n) is 7.33. The molecule has 4 rings (SSSR count). The van der Waals surface area contributed by atoms with E-state index in [1.54, 1.807) is 0 Å². The molecule has 0 amide bonds. The molecule has 0 saturated carbocycles. The fraction of sp³-hybridized carbons (Fsp3) is 0.471. The molecule has 0 aliphatic rings. The van der Waals surface area contributed by atoms with Gasteiger partial charge >= 0.3 is 0 Å². The molecular formula is C34H44O2. The molecule has 0 saturated heterocycles. The van der Waals surface area contributed by atoms with Crippen LogP contribution < -0.4 is 9.47 Å². The zero-order chi connectivity index (χ0) is 25.0. The average molecular weight is 485 g/mol. The second-order valence-corrected chi connectivity index (χ2v) is 10.1. The normalized spacial score (nSPS) is 11.5. The highest BCUT2D eigenvalue weighted by Crippen LogP contribution is 2.44. The zero-order valence-corrected chi connectivity index (χ0v) is 22.5. The van der Waals surface area contributed by atoms with Gasteiger partial charge in [0.2, 0.25) is 0 Å². The first-order valence-corrected chi connectivity index (χ1v) is 14.5. The molecule has 0 fully saturated rings. The summed E-state index contributed by atoms with van der Waals surface area (Å²) in [5, 5.41) is 7.52. The molecule has 0 spiro atoms. The van der Waals surface area contributed by atoms with Crippen molar-refractivity contribution in [2.45, 2.75) is 90.9 Å². The summed E-state index contributed by atoms with van der Waals surface area (Å²) in [4.78, 5) is 0. The fourth-order valence-electron chi connectivity index (χ4n) is 5.32. The highest BCUT2D eigenvalue weighted by molar-refractivity contribution is 6.27. The summed E-state index contributed by atoms with van der Waals surface area (Å²) >= 11 is 0. The molecule has 0 heterocycles. The van der Waals surface area contributed by atoms with Crippen molar-refractivity contribution in [1.29, 1.82) is 0 Å². The standard InChI is InChI=1S/C34H44O2/c1-3-5-7-9-10-11-12-18-25-35-32-24-23-31-29-21-14-13-19-27(29)28-20-15-16-22-30(28)33(31)34(32)36-26-17-8-6-4-2/h13-16,19-24H,3-12,17-18,25-26H2,1-2H3. The van der Waals surface area contributed by atoms with Crippen LogP contribution in [-0.4, -0.2) is 13.2 Å². The molecule has 0 atom stereocenters. The Kier molecular flexibility index (Phi) is 10.3. The van der Waals surface area contributed by atoms with E-state index in [1.165, 1.54) is 96.5 Å². The topological polar surface area (TPSA) is 18.5 Å². The smallest absolute Gasteiger partial charge is 0.169 e. The van der Waals surface area contributed by atoms with Crippen molar-refractivity contribution in [3.05, 3.63) is 60.7 Å². The Morgan fingerprint density at radius 1 is 0.444 bits per heavy atom. The van der Waals surface area contributed by atoms with Crippen LogP contribution in [0, 0.1) is 0 Å². The maximum atomic E-state index is 6.56. The Bertz CT molecular complexity index is 1190. The molecule has 0 bridgehead atoms. The Balaban J connectivity index is 1.58. The van der Waals surface area contributed by atoms with Gasteiger partial charge < -0.3 is 9.47 Å². The van der Waals surface area contributed by atoms with Crippen molar-refractivity contribution in [2.75, 3.05) is 13.2 Å². The summed E-state index contributed by atoms with van der Waals surface area (Å²) in [7, 11) is 0. The second kappa shape index (κ2) is 14.1. The predicted octanol–water partition coefficient (Wildman–Crippen LogP) is 10.6. The molecular weight excluding hydrogens is 440 g/mol. The van der Waals surface area contributed by atoms with E-state index >= 15 is 0 Å². The van der Waals surface area contributed by atoms with Crippen LogP contribution in [0.5, 0.6) is 11.5 Å². The Labute approximate surface area is 218 Å². The van der Waals surface area contributed by atoms with Crippen molar-refractivity contribution >= 4 is 32.3 Å². The molecule has 192 valence electrons. The van der Waals surface area contributed by atoms with Crippen LogP contribution in [0.15, 0.2) is 60.7 Å². The number of rotatable bonds is 16. The number of ether oxygens (including phenoxy) is 2. The van der Waals surface area contributed by atoms with Crippen molar-refractivity contribution in [3.63, 3.8) is 0 Å². The van der Waals surface area contributed by atoms with Gasteiger partial charge in [-0.2, -0.15) is 0 Å². The summed E-state index contributed by atoms with van der Waals surface area (Å²) in [6.07, 6.45) is 15.2. The minimum atomic E-state index is 0.731. The maximum Gasteiger partial charge on any atom is 0.169 e. The lowest BCUT2D eigenvalue weighted by molar-refractivity contribution is 0.261. The molecule has 0 aliphatic heterocycles. The van der Waals surface area contributed by atoms with Gasteiger partial charge in [0.15, 0.2) is 11.5 Å². The third-order valence-corrected chi connectivity index (χ3v) is 7.33. The van der Waals surface area contributed by atoms with Crippen LogP contribution in [-0.2, 0) is 0 Å². The van der Waals surface area contributed by atoms with Crippen LogP contribution in [0.1, 0.15) is 90.9 Å². The summed E-state index contributed by atoms with van der Waals surface area (Å²) in [6, 6.07) is 21.8. The van der Waals surface area contributed by atoms with Gasteiger partial charge in [-0.3, -0.25) is 0 Å². The van der Waals surface area contributed by atoms with Gasteiger partial charge in [-0.05, 0) is 51.9 Å². The molecule has 0 unspecified atom stereocenters. The van der Waals surface area contributed by atoms with E-state index in [4.69, 9.17) is 9.47 Å². The van der Waals surface area contributed by atoms with Crippen molar-refractivity contribution in [3.8, 4) is 11.5 Å². The van der Waals surface area contributed by atoms with Gasteiger partial charge in [-0.25, -0.2) is 0 Å². The van der Waals surface area contributed by atoms with Crippen LogP contribution >= 0.6 is 0 Å². The summed E-state index contributed by atoms with van der Waals surface area (Å²) in [5.41, 5.74) is 0. The summed E-state index contributed by atoms with van der Waals surface area (Å²) in [6.45, 7) is 6.01. The third kappa shape index (κ3) is 6.52. The first kappa shape index (κ1) is 26.3. The SMILES string of the molecule is CCCCCCCCCCOc1ccc2c3ccccc3c3ccccc3c2c1OCCCCCC. The van der Waals surface area contributed by atoms with Gasteiger partial charge in [0.1, 0.15) is 0 Å². The number of hydrogen-bond acceptors (Lipinski definition) is 2. The van der Waals surface area contributed by atoms with E-state index in [1.807, 2.05) is 0 Å². The zero-order valence-electron chi connectivity index (χ0n) is 22.5. The number of unbranched alkanes of at least 4 members (excludes halogenated alkanes) is 10. The first-order chi connectivity index (χ1) is 17.8. The monoisotopic (exact) mass is 484 g/mol. The minimum Gasteiger partial charge on any atom is -0.490 e. The van der Waals surface area contributed by atoms with Crippen LogP contribution in [0.2, 0.25) is 0 Å². The first-order valence-electron chi connectivity index (χ1n) is 14.5. The highest BCUT2D eigenvalue weighted by Gasteiger charge is 2.17. The molecule has 2 heteroatoms. The van der Waals surface area contributed by atoms with Gasteiger partial charge in [0.25, 0.3) is 0 Å². The van der Waals surface area contributed by atoms with E-state index in [2.05, 4.69) is 74.5 Å². The molecule has 0 aromatic heterocycles. The maximum absolute atomic E-state index is 6.56. The molecule has 2 nitrogen and oxygen atoms in total. The van der Waals surface area contributed by atoms with E-state index in [0.717, 1.165) is 37.6 Å². The Morgan fingerprint density at radius 2 is 0.889 bits per heavy atom. The number of fused-ring (bicyclic) bond motifs is 6. The van der Waals surface area contributed by atoms with Gasteiger partial charge in [0, 0.05) is 5.39 Å².